The monoisotopic (exact) mass is 238 g/mol. The van der Waals surface area contributed by atoms with Crippen molar-refractivity contribution >= 4 is 5.91 Å². The minimum Gasteiger partial charge on any atom is -0.355 e. The van der Waals surface area contributed by atoms with Gasteiger partial charge in [0.2, 0.25) is 5.91 Å². The minimum absolute atomic E-state index is 0.164. The van der Waals surface area contributed by atoms with Crippen LogP contribution in [-0.2, 0) is 4.79 Å². The van der Waals surface area contributed by atoms with Crippen molar-refractivity contribution in [1.82, 2.24) is 10.6 Å². The largest absolute Gasteiger partial charge is 0.355 e. The second-order valence-corrected chi connectivity index (χ2v) is 6.11. The zero-order chi connectivity index (χ0) is 12.3. The third-order valence-electron chi connectivity index (χ3n) is 3.80. The van der Waals surface area contributed by atoms with Crippen molar-refractivity contribution in [3.05, 3.63) is 0 Å². The highest BCUT2D eigenvalue weighted by Gasteiger charge is 2.41. The average Bonchev–Trinajstić information content (AvgIpc) is 3.12. The van der Waals surface area contributed by atoms with Crippen LogP contribution in [0.5, 0.6) is 0 Å². The SMILES string of the molecule is CC(C)CCNC(=O)CNC(C1CC1)C1CC1. The van der Waals surface area contributed by atoms with Gasteiger partial charge in [-0.25, -0.2) is 0 Å². The number of hydrogen-bond acceptors (Lipinski definition) is 2. The lowest BCUT2D eigenvalue weighted by Gasteiger charge is -2.17. The maximum absolute atomic E-state index is 11.6. The van der Waals surface area contributed by atoms with Crippen molar-refractivity contribution in [2.45, 2.75) is 52.0 Å². The summed E-state index contributed by atoms with van der Waals surface area (Å²) in [7, 11) is 0. The lowest BCUT2D eigenvalue weighted by molar-refractivity contribution is -0.120. The Balaban J connectivity index is 1.58. The average molecular weight is 238 g/mol. The van der Waals surface area contributed by atoms with E-state index in [4.69, 9.17) is 0 Å². The molecule has 3 nitrogen and oxygen atoms in total. The molecule has 3 heteroatoms. The van der Waals surface area contributed by atoms with Crippen molar-refractivity contribution in [1.29, 1.82) is 0 Å². The van der Waals surface area contributed by atoms with Crippen LogP contribution in [0.2, 0.25) is 0 Å². The lowest BCUT2D eigenvalue weighted by atomic mass is 10.1. The molecule has 0 aliphatic heterocycles. The third kappa shape index (κ3) is 4.66. The summed E-state index contributed by atoms with van der Waals surface area (Å²) >= 11 is 0. The van der Waals surface area contributed by atoms with Gasteiger partial charge in [0.15, 0.2) is 0 Å². The standard InChI is InChI=1S/C14H26N2O/c1-10(2)7-8-15-13(17)9-16-14(11-3-4-11)12-5-6-12/h10-12,14,16H,3-9H2,1-2H3,(H,15,17). The quantitative estimate of drug-likeness (QED) is 0.678. The van der Waals surface area contributed by atoms with Crippen LogP contribution in [0.15, 0.2) is 0 Å². The van der Waals surface area contributed by atoms with Gasteiger partial charge in [0.25, 0.3) is 0 Å². The van der Waals surface area contributed by atoms with E-state index >= 15 is 0 Å². The molecule has 0 unspecified atom stereocenters. The fourth-order valence-corrected chi connectivity index (χ4v) is 2.40. The van der Waals surface area contributed by atoms with E-state index in [1.807, 2.05) is 0 Å². The van der Waals surface area contributed by atoms with Gasteiger partial charge < -0.3 is 10.6 Å². The first-order valence-electron chi connectivity index (χ1n) is 7.17. The predicted molar refractivity (Wildman–Crippen MR) is 69.7 cm³/mol. The first-order chi connectivity index (χ1) is 8.16. The van der Waals surface area contributed by atoms with Crippen LogP contribution < -0.4 is 10.6 Å². The maximum atomic E-state index is 11.6. The zero-order valence-electron chi connectivity index (χ0n) is 11.2. The summed E-state index contributed by atoms with van der Waals surface area (Å²) in [5.74, 6) is 2.56. The number of nitrogens with one attached hydrogen (secondary N) is 2. The summed E-state index contributed by atoms with van der Waals surface area (Å²) < 4.78 is 0. The van der Waals surface area contributed by atoms with Gasteiger partial charge in [-0.1, -0.05) is 13.8 Å². The van der Waals surface area contributed by atoms with E-state index in [0.717, 1.165) is 24.8 Å². The Morgan fingerprint density at radius 2 is 1.76 bits per heavy atom. The Labute approximate surface area is 105 Å². The van der Waals surface area contributed by atoms with Gasteiger partial charge in [-0.3, -0.25) is 4.79 Å². The zero-order valence-corrected chi connectivity index (χ0v) is 11.2. The highest BCUT2D eigenvalue weighted by atomic mass is 16.1. The molecule has 2 aliphatic carbocycles. The summed E-state index contributed by atoms with van der Waals surface area (Å²) in [4.78, 5) is 11.6. The van der Waals surface area contributed by atoms with Crippen LogP contribution in [0.4, 0.5) is 0 Å². The molecule has 0 saturated heterocycles. The van der Waals surface area contributed by atoms with Crippen molar-refractivity contribution in [3.63, 3.8) is 0 Å². The summed E-state index contributed by atoms with van der Waals surface area (Å²) in [6.45, 7) is 5.69. The molecule has 1 amide bonds. The Kier molecular flexibility index (Phi) is 4.43. The molecule has 0 aromatic rings. The van der Waals surface area contributed by atoms with Crippen molar-refractivity contribution in [2.24, 2.45) is 17.8 Å². The summed E-state index contributed by atoms with van der Waals surface area (Å²) in [6, 6.07) is 0.630. The van der Waals surface area contributed by atoms with Crippen LogP contribution in [0.25, 0.3) is 0 Å². The first-order valence-corrected chi connectivity index (χ1v) is 7.17. The number of rotatable bonds is 8. The number of carbonyl (C=O) groups is 1. The molecule has 17 heavy (non-hydrogen) atoms. The molecule has 0 spiro atoms. The van der Waals surface area contributed by atoms with E-state index in [2.05, 4.69) is 24.5 Å². The topological polar surface area (TPSA) is 41.1 Å². The molecule has 2 fully saturated rings. The van der Waals surface area contributed by atoms with E-state index in [-0.39, 0.29) is 5.91 Å². The Bertz CT molecular complexity index is 245. The number of hydrogen-bond donors (Lipinski definition) is 2. The van der Waals surface area contributed by atoms with E-state index in [0.29, 0.717) is 18.5 Å². The van der Waals surface area contributed by atoms with Gasteiger partial charge in [-0.05, 0) is 49.9 Å². The summed E-state index contributed by atoms with van der Waals surface area (Å²) in [5.41, 5.74) is 0. The van der Waals surface area contributed by atoms with Crippen LogP contribution in [-0.4, -0.2) is 25.0 Å². The van der Waals surface area contributed by atoms with Gasteiger partial charge in [0, 0.05) is 12.6 Å². The van der Waals surface area contributed by atoms with Gasteiger partial charge in [0.1, 0.15) is 0 Å². The minimum atomic E-state index is 0.164. The molecule has 2 N–H and O–H groups in total. The summed E-state index contributed by atoms with van der Waals surface area (Å²) in [5, 5.41) is 6.46. The molecule has 2 rings (SSSR count). The Hall–Kier alpha value is -0.570. The number of amides is 1. The van der Waals surface area contributed by atoms with Crippen molar-refractivity contribution in [3.8, 4) is 0 Å². The Morgan fingerprint density at radius 3 is 2.24 bits per heavy atom. The molecule has 0 bridgehead atoms. The molecule has 98 valence electrons. The van der Waals surface area contributed by atoms with E-state index in [1.165, 1.54) is 25.7 Å². The van der Waals surface area contributed by atoms with Crippen LogP contribution in [0.3, 0.4) is 0 Å². The molecule has 2 saturated carbocycles. The second-order valence-electron chi connectivity index (χ2n) is 6.11. The molecule has 0 aromatic carbocycles. The fourth-order valence-electron chi connectivity index (χ4n) is 2.40. The lowest BCUT2D eigenvalue weighted by Crippen LogP contribution is -2.41. The van der Waals surface area contributed by atoms with Crippen molar-refractivity contribution in [2.75, 3.05) is 13.1 Å². The molecule has 0 radical (unpaired) electrons. The van der Waals surface area contributed by atoms with Crippen molar-refractivity contribution < 1.29 is 4.79 Å². The second kappa shape index (κ2) is 5.85. The third-order valence-corrected chi connectivity index (χ3v) is 3.80. The van der Waals surface area contributed by atoms with Gasteiger partial charge in [-0.15, -0.1) is 0 Å². The fraction of sp³-hybridized carbons (Fsp3) is 0.929. The molecular weight excluding hydrogens is 212 g/mol. The first kappa shape index (κ1) is 12.9. The highest BCUT2D eigenvalue weighted by molar-refractivity contribution is 5.77. The highest BCUT2D eigenvalue weighted by Crippen LogP contribution is 2.44. The molecule has 0 heterocycles. The molecular formula is C14H26N2O. The van der Waals surface area contributed by atoms with E-state index in [9.17, 15) is 4.79 Å². The Morgan fingerprint density at radius 1 is 1.18 bits per heavy atom. The number of carbonyl (C=O) groups excluding carboxylic acids is 1. The maximum Gasteiger partial charge on any atom is 0.233 e. The van der Waals surface area contributed by atoms with Crippen LogP contribution in [0.1, 0.15) is 46.0 Å². The smallest absolute Gasteiger partial charge is 0.233 e. The van der Waals surface area contributed by atoms with E-state index in [1.54, 1.807) is 0 Å². The summed E-state index contributed by atoms with van der Waals surface area (Å²) in [6.07, 6.45) is 6.53. The van der Waals surface area contributed by atoms with Gasteiger partial charge in [-0.2, -0.15) is 0 Å². The normalized spacial score (nSPS) is 20.0. The van der Waals surface area contributed by atoms with Crippen LogP contribution in [0, 0.1) is 17.8 Å². The molecule has 0 aromatic heterocycles. The van der Waals surface area contributed by atoms with Crippen LogP contribution >= 0.6 is 0 Å². The van der Waals surface area contributed by atoms with E-state index < -0.39 is 0 Å². The van der Waals surface area contributed by atoms with Gasteiger partial charge in [0.05, 0.1) is 6.54 Å². The predicted octanol–water partition coefficient (Wildman–Crippen LogP) is 1.93. The van der Waals surface area contributed by atoms with Gasteiger partial charge >= 0.3 is 0 Å². The molecule has 0 atom stereocenters. The molecule has 2 aliphatic rings.